The lowest BCUT2D eigenvalue weighted by atomic mass is 9.89. The molecule has 1 aromatic rings. The summed E-state index contributed by atoms with van der Waals surface area (Å²) in [5.41, 5.74) is 2.67. The maximum absolute atomic E-state index is 12.4. The van der Waals surface area contributed by atoms with E-state index >= 15 is 0 Å². The average molecular weight is 357 g/mol. The number of ether oxygens (including phenoxy) is 2. The Morgan fingerprint density at radius 3 is 2.38 bits per heavy atom. The molecule has 26 heavy (non-hydrogen) atoms. The molecule has 2 heterocycles. The smallest absolute Gasteiger partial charge is 0.251 e. The summed E-state index contributed by atoms with van der Waals surface area (Å²) in [6.45, 7) is 4.17. The summed E-state index contributed by atoms with van der Waals surface area (Å²) in [4.78, 5) is 14.4. The van der Waals surface area contributed by atoms with Crippen molar-refractivity contribution in [1.29, 1.82) is 0 Å². The third-order valence-electron chi connectivity index (χ3n) is 6.00. The van der Waals surface area contributed by atoms with Crippen LogP contribution in [0.3, 0.4) is 0 Å². The first-order chi connectivity index (χ1) is 12.8. The standard InChI is InChI=1S/C22H31NO3/c24-22(21-2-1-13-26-21)23-11-9-18(10-12-23)14-17-3-5-19(6-4-17)15-25-16-20-7-8-20/h3-6,18,20-21H,1-2,7-16H2. The molecule has 1 unspecified atom stereocenters. The van der Waals surface area contributed by atoms with Gasteiger partial charge in [0.25, 0.3) is 5.91 Å². The van der Waals surface area contributed by atoms with E-state index in [4.69, 9.17) is 9.47 Å². The average Bonchev–Trinajstić information content (AvgIpc) is 3.33. The van der Waals surface area contributed by atoms with Gasteiger partial charge in [0.15, 0.2) is 0 Å². The number of nitrogens with zero attached hydrogens (tertiary/aromatic N) is 1. The molecule has 1 aliphatic carbocycles. The third-order valence-corrected chi connectivity index (χ3v) is 6.00. The molecule has 0 radical (unpaired) electrons. The molecule has 2 aliphatic heterocycles. The monoisotopic (exact) mass is 357 g/mol. The van der Waals surface area contributed by atoms with E-state index in [0.717, 1.165) is 70.9 Å². The van der Waals surface area contributed by atoms with E-state index in [-0.39, 0.29) is 12.0 Å². The highest BCUT2D eigenvalue weighted by Gasteiger charge is 2.30. The van der Waals surface area contributed by atoms with Gasteiger partial charge in [-0.25, -0.2) is 0 Å². The highest BCUT2D eigenvalue weighted by Crippen LogP contribution is 2.29. The zero-order chi connectivity index (χ0) is 17.8. The minimum Gasteiger partial charge on any atom is -0.376 e. The van der Waals surface area contributed by atoms with E-state index in [1.807, 2.05) is 4.90 Å². The van der Waals surface area contributed by atoms with Gasteiger partial charge in [0.1, 0.15) is 6.10 Å². The highest BCUT2D eigenvalue weighted by molar-refractivity contribution is 5.81. The second kappa shape index (κ2) is 8.53. The van der Waals surface area contributed by atoms with E-state index in [1.54, 1.807) is 0 Å². The SMILES string of the molecule is O=C(C1CCCO1)N1CCC(Cc2ccc(COCC3CC3)cc2)CC1. The Kier molecular flexibility index (Phi) is 5.91. The summed E-state index contributed by atoms with van der Waals surface area (Å²) in [6.07, 6.45) is 7.76. The summed E-state index contributed by atoms with van der Waals surface area (Å²) in [5, 5.41) is 0. The zero-order valence-corrected chi connectivity index (χ0v) is 15.7. The molecular weight excluding hydrogens is 326 g/mol. The van der Waals surface area contributed by atoms with Crippen LogP contribution in [-0.2, 0) is 27.3 Å². The van der Waals surface area contributed by atoms with Gasteiger partial charge in [-0.05, 0) is 67.9 Å². The first-order valence-corrected chi connectivity index (χ1v) is 10.3. The van der Waals surface area contributed by atoms with Crippen LogP contribution in [0.5, 0.6) is 0 Å². The maximum Gasteiger partial charge on any atom is 0.251 e. The Balaban J connectivity index is 1.19. The number of rotatable bonds is 7. The van der Waals surface area contributed by atoms with Gasteiger partial charge in [0, 0.05) is 26.3 Å². The minimum absolute atomic E-state index is 0.166. The van der Waals surface area contributed by atoms with Crippen LogP contribution in [0, 0.1) is 11.8 Å². The Bertz CT molecular complexity index is 582. The van der Waals surface area contributed by atoms with E-state index in [0.29, 0.717) is 5.92 Å². The Morgan fingerprint density at radius 1 is 1.00 bits per heavy atom. The second-order valence-electron chi connectivity index (χ2n) is 8.25. The van der Waals surface area contributed by atoms with Gasteiger partial charge < -0.3 is 14.4 Å². The van der Waals surface area contributed by atoms with E-state index in [9.17, 15) is 4.79 Å². The van der Waals surface area contributed by atoms with Crippen LogP contribution in [-0.4, -0.2) is 43.2 Å². The van der Waals surface area contributed by atoms with E-state index < -0.39 is 0 Å². The van der Waals surface area contributed by atoms with E-state index in [1.165, 1.54) is 24.0 Å². The first kappa shape index (κ1) is 18.0. The van der Waals surface area contributed by atoms with Crippen LogP contribution in [0.2, 0.25) is 0 Å². The van der Waals surface area contributed by atoms with Crippen molar-refractivity contribution in [2.75, 3.05) is 26.3 Å². The van der Waals surface area contributed by atoms with Crippen LogP contribution in [0.15, 0.2) is 24.3 Å². The molecule has 4 nitrogen and oxygen atoms in total. The summed E-state index contributed by atoms with van der Waals surface area (Å²) in [7, 11) is 0. The van der Waals surface area contributed by atoms with Crippen LogP contribution < -0.4 is 0 Å². The molecule has 1 saturated carbocycles. The van der Waals surface area contributed by atoms with Crippen LogP contribution in [0.4, 0.5) is 0 Å². The van der Waals surface area contributed by atoms with E-state index in [2.05, 4.69) is 24.3 Å². The molecule has 4 heteroatoms. The third kappa shape index (κ3) is 4.86. The van der Waals surface area contributed by atoms with Gasteiger partial charge in [-0.15, -0.1) is 0 Å². The summed E-state index contributed by atoms with van der Waals surface area (Å²) in [5.74, 6) is 1.73. The van der Waals surface area contributed by atoms with Gasteiger partial charge in [0.2, 0.25) is 0 Å². The normalized spacial score (nSPS) is 24.2. The highest BCUT2D eigenvalue weighted by atomic mass is 16.5. The topological polar surface area (TPSA) is 38.8 Å². The molecule has 3 fully saturated rings. The van der Waals surface area contributed by atoms with Crippen molar-refractivity contribution in [2.24, 2.45) is 11.8 Å². The molecule has 1 aromatic carbocycles. The molecule has 0 aromatic heterocycles. The molecule has 0 N–H and O–H groups in total. The fraction of sp³-hybridized carbons (Fsp3) is 0.682. The van der Waals surface area contributed by atoms with Crippen molar-refractivity contribution in [3.63, 3.8) is 0 Å². The number of amides is 1. The zero-order valence-electron chi connectivity index (χ0n) is 15.7. The molecule has 0 bridgehead atoms. The molecule has 1 atom stereocenters. The van der Waals surface area contributed by atoms with Gasteiger partial charge in [0.05, 0.1) is 6.61 Å². The van der Waals surface area contributed by atoms with Crippen molar-refractivity contribution in [3.8, 4) is 0 Å². The quantitative estimate of drug-likeness (QED) is 0.749. The van der Waals surface area contributed by atoms with Crippen molar-refractivity contribution in [1.82, 2.24) is 4.90 Å². The van der Waals surface area contributed by atoms with Crippen molar-refractivity contribution < 1.29 is 14.3 Å². The van der Waals surface area contributed by atoms with Gasteiger partial charge >= 0.3 is 0 Å². The number of carbonyl (C=O) groups is 1. The Hall–Kier alpha value is -1.39. The number of benzene rings is 1. The first-order valence-electron chi connectivity index (χ1n) is 10.3. The number of likely N-dealkylation sites (tertiary alicyclic amines) is 1. The molecular formula is C22H31NO3. The maximum atomic E-state index is 12.4. The summed E-state index contributed by atoms with van der Waals surface area (Å²) in [6, 6.07) is 8.91. The van der Waals surface area contributed by atoms with Gasteiger partial charge in [-0.3, -0.25) is 4.79 Å². The number of piperidine rings is 1. The predicted molar refractivity (Wildman–Crippen MR) is 101 cm³/mol. The molecule has 142 valence electrons. The predicted octanol–water partition coefficient (Wildman–Crippen LogP) is 3.57. The summed E-state index contributed by atoms with van der Waals surface area (Å²) < 4.78 is 11.3. The van der Waals surface area contributed by atoms with Gasteiger partial charge in [-0.2, -0.15) is 0 Å². The van der Waals surface area contributed by atoms with Crippen molar-refractivity contribution >= 4 is 5.91 Å². The van der Waals surface area contributed by atoms with Crippen molar-refractivity contribution in [2.45, 2.75) is 57.7 Å². The fourth-order valence-electron chi connectivity index (χ4n) is 4.07. The lowest BCUT2D eigenvalue weighted by molar-refractivity contribution is -0.142. The van der Waals surface area contributed by atoms with Crippen LogP contribution in [0.1, 0.15) is 49.7 Å². The Labute approximate surface area is 156 Å². The second-order valence-corrected chi connectivity index (χ2v) is 8.25. The lowest BCUT2D eigenvalue weighted by Gasteiger charge is -2.33. The number of hydrogen-bond donors (Lipinski definition) is 0. The number of carbonyl (C=O) groups excluding carboxylic acids is 1. The lowest BCUT2D eigenvalue weighted by Crippen LogP contribution is -2.44. The molecule has 3 aliphatic rings. The fourth-order valence-corrected chi connectivity index (χ4v) is 4.07. The van der Waals surface area contributed by atoms with Gasteiger partial charge in [-0.1, -0.05) is 24.3 Å². The summed E-state index contributed by atoms with van der Waals surface area (Å²) >= 11 is 0. The molecule has 4 rings (SSSR count). The number of hydrogen-bond acceptors (Lipinski definition) is 3. The molecule has 0 spiro atoms. The van der Waals surface area contributed by atoms with Crippen molar-refractivity contribution in [3.05, 3.63) is 35.4 Å². The van der Waals surface area contributed by atoms with Crippen LogP contribution >= 0.6 is 0 Å². The minimum atomic E-state index is -0.166. The molecule has 2 saturated heterocycles. The largest absolute Gasteiger partial charge is 0.376 e. The van der Waals surface area contributed by atoms with Crippen LogP contribution in [0.25, 0.3) is 0 Å². The Morgan fingerprint density at radius 2 is 1.73 bits per heavy atom. The molecule has 1 amide bonds.